The summed E-state index contributed by atoms with van der Waals surface area (Å²) in [5, 5.41) is 21.0. The third-order valence-corrected chi connectivity index (χ3v) is 5.72. The van der Waals surface area contributed by atoms with Crippen LogP contribution in [0.4, 0.5) is 5.13 Å². The fourth-order valence-electron chi connectivity index (χ4n) is 3.06. The number of anilines is 1. The Labute approximate surface area is 213 Å². The highest BCUT2D eigenvalue weighted by Crippen LogP contribution is 2.37. The van der Waals surface area contributed by atoms with Gasteiger partial charge in [0, 0.05) is 0 Å². The molecule has 1 amide bonds. The van der Waals surface area contributed by atoms with Crippen LogP contribution < -0.4 is 19.5 Å². The van der Waals surface area contributed by atoms with Crippen molar-refractivity contribution >= 4 is 40.1 Å². The molecule has 0 spiro atoms. The zero-order chi connectivity index (χ0) is 25.4. The third kappa shape index (κ3) is 7.18. The van der Waals surface area contributed by atoms with Crippen molar-refractivity contribution in [3.8, 4) is 23.3 Å². The third-order valence-electron chi connectivity index (χ3n) is 4.69. The molecule has 3 aromatic rings. The second-order valence-corrected chi connectivity index (χ2v) is 9.07. The second kappa shape index (κ2) is 12.2. The van der Waals surface area contributed by atoms with Gasteiger partial charge in [0.1, 0.15) is 35.6 Å². The number of ether oxygens (including phenoxy) is 3. The molecule has 8 nitrogen and oxygen atoms in total. The first kappa shape index (κ1) is 26.0. The molecule has 1 N–H and O–H groups in total. The Morgan fingerprint density at radius 3 is 2.57 bits per heavy atom. The van der Waals surface area contributed by atoms with Gasteiger partial charge >= 0.3 is 0 Å². The van der Waals surface area contributed by atoms with E-state index in [1.807, 2.05) is 45.0 Å². The molecule has 0 atom stereocenters. The molecule has 0 fully saturated rings. The maximum atomic E-state index is 12.5. The number of aromatic nitrogens is 2. The highest BCUT2D eigenvalue weighted by Gasteiger charge is 2.16. The van der Waals surface area contributed by atoms with Gasteiger partial charge in [-0.2, -0.15) is 5.26 Å². The monoisotopic (exact) mass is 512 g/mol. The van der Waals surface area contributed by atoms with Gasteiger partial charge in [-0.15, -0.1) is 10.2 Å². The van der Waals surface area contributed by atoms with Crippen molar-refractivity contribution in [3.63, 3.8) is 0 Å². The van der Waals surface area contributed by atoms with E-state index in [1.54, 1.807) is 19.1 Å². The summed E-state index contributed by atoms with van der Waals surface area (Å²) in [6.07, 6.45) is 1.42. The maximum absolute atomic E-state index is 12.5. The largest absolute Gasteiger partial charge is 0.490 e. The Balaban J connectivity index is 1.73. The first-order chi connectivity index (χ1) is 16.8. The van der Waals surface area contributed by atoms with Gasteiger partial charge in [0.25, 0.3) is 5.91 Å². The molecule has 0 saturated carbocycles. The molecule has 0 aliphatic carbocycles. The van der Waals surface area contributed by atoms with Gasteiger partial charge in [-0.3, -0.25) is 10.1 Å². The minimum absolute atomic E-state index is 0.119. The lowest BCUT2D eigenvalue weighted by molar-refractivity contribution is -0.112. The van der Waals surface area contributed by atoms with Gasteiger partial charge in [-0.05, 0) is 68.7 Å². The fourth-order valence-corrected chi connectivity index (χ4v) is 3.92. The van der Waals surface area contributed by atoms with E-state index in [9.17, 15) is 10.1 Å². The van der Waals surface area contributed by atoms with Crippen LogP contribution in [-0.2, 0) is 4.79 Å². The van der Waals surface area contributed by atoms with E-state index in [1.165, 1.54) is 17.4 Å². The molecule has 3 rings (SSSR count). The van der Waals surface area contributed by atoms with E-state index in [-0.39, 0.29) is 17.2 Å². The standard InChI is InChI=1S/C25H25ClN4O4S/c1-5-32-22-13-18(11-19(14-27)24(31)28-25-30-29-17(4)35-25)12-20(26)23(22)34-9-8-33-21-10-15(2)6-7-16(21)3/h6-7,10-13H,5,8-9H2,1-4H3,(H,28,30,31). The molecule has 0 unspecified atom stereocenters. The van der Waals surface area contributed by atoms with Crippen LogP contribution >= 0.6 is 22.9 Å². The summed E-state index contributed by atoms with van der Waals surface area (Å²) in [4.78, 5) is 12.5. The van der Waals surface area contributed by atoms with Crippen LogP contribution in [-0.4, -0.2) is 35.9 Å². The quantitative estimate of drug-likeness (QED) is 0.216. The highest BCUT2D eigenvalue weighted by molar-refractivity contribution is 7.15. The van der Waals surface area contributed by atoms with Crippen LogP contribution in [0.1, 0.15) is 28.6 Å². The molecular formula is C25H25ClN4O4S. The SMILES string of the molecule is CCOc1cc(C=C(C#N)C(=O)Nc2nnc(C)s2)cc(Cl)c1OCCOc1cc(C)ccc1C. The highest BCUT2D eigenvalue weighted by atomic mass is 35.5. The normalized spacial score (nSPS) is 11.0. The van der Waals surface area contributed by atoms with Crippen molar-refractivity contribution in [3.05, 3.63) is 62.6 Å². The molecule has 0 aliphatic heterocycles. The lowest BCUT2D eigenvalue weighted by atomic mass is 10.1. The number of halogens is 1. The average Bonchev–Trinajstić information content (AvgIpc) is 3.23. The van der Waals surface area contributed by atoms with Crippen LogP contribution in [0.25, 0.3) is 6.08 Å². The molecule has 0 bridgehead atoms. The molecule has 35 heavy (non-hydrogen) atoms. The topological polar surface area (TPSA) is 106 Å². The average molecular weight is 513 g/mol. The Morgan fingerprint density at radius 1 is 1.11 bits per heavy atom. The number of nitrogens with zero attached hydrogens (tertiary/aromatic N) is 3. The van der Waals surface area contributed by atoms with Gasteiger partial charge in [0.15, 0.2) is 11.5 Å². The van der Waals surface area contributed by atoms with E-state index < -0.39 is 5.91 Å². The molecule has 1 aromatic heterocycles. The summed E-state index contributed by atoms with van der Waals surface area (Å²) in [6, 6.07) is 11.2. The van der Waals surface area contributed by atoms with Gasteiger partial charge < -0.3 is 14.2 Å². The number of amides is 1. The summed E-state index contributed by atoms with van der Waals surface area (Å²) in [5.74, 6) is 0.968. The molecule has 0 aliphatic rings. The second-order valence-electron chi connectivity index (χ2n) is 7.48. The fraction of sp³-hybridized carbons (Fsp3) is 0.280. The van der Waals surface area contributed by atoms with Gasteiger partial charge in [-0.1, -0.05) is 35.1 Å². The van der Waals surface area contributed by atoms with Crippen molar-refractivity contribution in [1.29, 1.82) is 5.26 Å². The van der Waals surface area contributed by atoms with E-state index in [4.69, 9.17) is 25.8 Å². The molecule has 182 valence electrons. The number of carbonyl (C=O) groups is 1. The van der Waals surface area contributed by atoms with Gasteiger partial charge in [0.05, 0.1) is 11.6 Å². The predicted octanol–water partition coefficient (Wildman–Crippen LogP) is 5.52. The predicted molar refractivity (Wildman–Crippen MR) is 136 cm³/mol. The van der Waals surface area contributed by atoms with Gasteiger partial charge in [0.2, 0.25) is 5.13 Å². The van der Waals surface area contributed by atoms with Crippen LogP contribution in [0.2, 0.25) is 5.02 Å². The Morgan fingerprint density at radius 2 is 1.89 bits per heavy atom. The van der Waals surface area contributed by atoms with E-state index in [0.29, 0.717) is 40.4 Å². The van der Waals surface area contributed by atoms with E-state index >= 15 is 0 Å². The summed E-state index contributed by atoms with van der Waals surface area (Å²) < 4.78 is 17.4. The Bertz CT molecular complexity index is 1280. The summed E-state index contributed by atoms with van der Waals surface area (Å²) in [5.41, 5.74) is 2.55. The smallest absolute Gasteiger partial charge is 0.268 e. The van der Waals surface area contributed by atoms with Gasteiger partial charge in [-0.25, -0.2) is 0 Å². The number of carbonyl (C=O) groups excluding carboxylic acids is 1. The number of hydrogen-bond acceptors (Lipinski definition) is 8. The van der Waals surface area contributed by atoms with E-state index in [0.717, 1.165) is 16.9 Å². The summed E-state index contributed by atoms with van der Waals surface area (Å²) in [6.45, 7) is 8.53. The van der Waals surface area contributed by atoms with Crippen molar-refractivity contribution in [1.82, 2.24) is 10.2 Å². The van der Waals surface area contributed by atoms with Crippen LogP contribution in [0.15, 0.2) is 35.9 Å². The first-order valence-corrected chi connectivity index (χ1v) is 12.0. The number of aryl methyl sites for hydroxylation is 3. The van der Waals surface area contributed by atoms with Crippen LogP contribution in [0.3, 0.4) is 0 Å². The lowest BCUT2D eigenvalue weighted by Crippen LogP contribution is -2.13. The molecular weight excluding hydrogens is 488 g/mol. The Kier molecular flexibility index (Phi) is 9.06. The minimum Gasteiger partial charge on any atom is -0.490 e. The molecule has 1 heterocycles. The number of rotatable bonds is 10. The van der Waals surface area contributed by atoms with Crippen molar-refractivity contribution < 1.29 is 19.0 Å². The zero-order valence-corrected chi connectivity index (χ0v) is 21.4. The number of benzene rings is 2. The zero-order valence-electron chi connectivity index (χ0n) is 19.8. The molecule has 0 saturated heterocycles. The molecule has 0 radical (unpaired) electrons. The van der Waals surface area contributed by atoms with Crippen molar-refractivity contribution in [2.45, 2.75) is 27.7 Å². The van der Waals surface area contributed by atoms with Crippen LogP contribution in [0, 0.1) is 32.1 Å². The van der Waals surface area contributed by atoms with Crippen LogP contribution in [0.5, 0.6) is 17.2 Å². The Hall–Kier alpha value is -3.61. The molecule has 10 heteroatoms. The summed E-state index contributed by atoms with van der Waals surface area (Å²) in [7, 11) is 0. The van der Waals surface area contributed by atoms with Crippen molar-refractivity contribution in [2.75, 3.05) is 25.1 Å². The number of hydrogen-bond donors (Lipinski definition) is 1. The number of nitrogens with one attached hydrogen (secondary N) is 1. The maximum Gasteiger partial charge on any atom is 0.268 e. The van der Waals surface area contributed by atoms with E-state index in [2.05, 4.69) is 15.5 Å². The summed E-state index contributed by atoms with van der Waals surface area (Å²) >= 11 is 7.69. The minimum atomic E-state index is -0.596. The first-order valence-electron chi connectivity index (χ1n) is 10.8. The molecule has 2 aromatic carbocycles. The lowest BCUT2D eigenvalue weighted by Gasteiger charge is -2.15. The van der Waals surface area contributed by atoms with Crippen molar-refractivity contribution in [2.24, 2.45) is 0 Å². The number of nitriles is 1.